The monoisotopic (exact) mass is 371 g/mol. The number of amides is 2. The number of aromatic hydroxyl groups is 1. The van der Waals surface area contributed by atoms with Gasteiger partial charge in [0.15, 0.2) is 0 Å². The Kier molecular flexibility index (Phi) is 5.44. The Morgan fingerprint density at radius 1 is 1.43 bits per heavy atom. The molecule has 1 aliphatic rings. The average molecular weight is 372 g/mol. The molecule has 1 N–H and O–H groups in total. The summed E-state index contributed by atoms with van der Waals surface area (Å²) >= 11 is 4.14. The normalized spacial score (nSPS) is 17.0. The summed E-state index contributed by atoms with van der Waals surface area (Å²) in [5.74, 6) is -0.162. The van der Waals surface area contributed by atoms with Gasteiger partial charge in [0.05, 0.1) is 9.38 Å². The van der Waals surface area contributed by atoms with Crippen LogP contribution in [0.3, 0.4) is 0 Å². The second kappa shape index (κ2) is 7.11. The quantitative estimate of drug-likeness (QED) is 0.635. The van der Waals surface area contributed by atoms with E-state index in [2.05, 4.69) is 15.9 Å². The van der Waals surface area contributed by atoms with E-state index in [1.54, 1.807) is 25.3 Å². The van der Waals surface area contributed by atoms with Gasteiger partial charge < -0.3 is 9.84 Å². The highest BCUT2D eigenvalue weighted by atomic mass is 79.9. The van der Waals surface area contributed by atoms with Crippen molar-refractivity contribution >= 4 is 44.9 Å². The summed E-state index contributed by atoms with van der Waals surface area (Å²) in [4.78, 5) is 25.6. The van der Waals surface area contributed by atoms with E-state index in [0.29, 0.717) is 29.0 Å². The van der Waals surface area contributed by atoms with Gasteiger partial charge in [-0.25, -0.2) is 0 Å². The first-order chi connectivity index (χ1) is 10.0. The maximum Gasteiger partial charge on any atom is 0.293 e. The summed E-state index contributed by atoms with van der Waals surface area (Å²) in [7, 11) is 1.58. The fourth-order valence-corrected chi connectivity index (χ4v) is 3.09. The van der Waals surface area contributed by atoms with Crippen LogP contribution in [0.25, 0.3) is 6.08 Å². The van der Waals surface area contributed by atoms with Crippen LogP contribution < -0.4 is 0 Å². The fraction of sp³-hybridized carbons (Fsp3) is 0.286. The first-order valence-corrected chi connectivity index (χ1v) is 7.86. The number of nitrogens with zero attached hydrogens (tertiary/aromatic N) is 1. The van der Waals surface area contributed by atoms with Crippen molar-refractivity contribution in [3.8, 4) is 5.75 Å². The van der Waals surface area contributed by atoms with E-state index < -0.39 is 0 Å². The van der Waals surface area contributed by atoms with Crippen LogP contribution in [0.15, 0.2) is 27.6 Å². The molecule has 0 aliphatic carbocycles. The van der Waals surface area contributed by atoms with Gasteiger partial charge in [0.2, 0.25) is 0 Å². The first-order valence-electron chi connectivity index (χ1n) is 6.25. The smallest absolute Gasteiger partial charge is 0.293 e. The number of carbonyl (C=O) groups is 2. The van der Waals surface area contributed by atoms with Gasteiger partial charge in [-0.15, -0.1) is 0 Å². The molecule has 0 saturated carbocycles. The largest absolute Gasteiger partial charge is 0.507 e. The average Bonchev–Trinajstić information content (AvgIpc) is 2.70. The molecule has 0 atom stereocenters. The Morgan fingerprint density at radius 2 is 2.19 bits per heavy atom. The molecule has 2 rings (SSSR count). The lowest BCUT2D eigenvalue weighted by molar-refractivity contribution is -0.122. The molecule has 2 amide bonds. The molecule has 0 unspecified atom stereocenters. The number of hydrogen-bond acceptors (Lipinski definition) is 5. The Bertz CT molecular complexity index is 603. The third kappa shape index (κ3) is 3.87. The maximum atomic E-state index is 12.2. The van der Waals surface area contributed by atoms with Crippen LogP contribution >= 0.6 is 27.7 Å². The molecule has 0 aromatic heterocycles. The van der Waals surface area contributed by atoms with Crippen molar-refractivity contribution in [1.82, 2.24) is 4.90 Å². The number of hydrogen-bond donors (Lipinski definition) is 1. The Hall–Kier alpha value is -1.31. The minimum absolute atomic E-state index is 0.125. The number of thioether (sulfide) groups is 1. The summed E-state index contributed by atoms with van der Waals surface area (Å²) in [6, 6.07) is 4.89. The van der Waals surface area contributed by atoms with Gasteiger partial charge in [-0.1, -0.05) is 6.07 Å². The molecule has 112 valence electrons. The van der Waals surface area contributed by atoms with Crippen molar-refractivity contribution in [2.75, 3.05) is 20.3 Å². The summed E-state index contributed by atoms with van der Waals surface area (Å²) in [6.45, 7) is 0.862. The molecule has 0 radical (unpaired) electrons. The molecule has 5 nitrogen and oxygen atoms in total. The zero-order valence-electron chi connectivity index (χ0n) is 11.3. The molecule has 0 bridgehead atoms. The number of ether oxygens (including phenoxy) is 1. The predicted octanol–water partition coefficient (Wildman–Crippen LogP) is 3.23. The summed E-state index contributed by atoms with van der Waals surface area (Å²) in [6.07, 6.45) is 2.26. The predicted molar refractivity (Wildman–Crippen MR) is 85.0 cm³/mol. The van der Waals surface area contributed by atoms with Gasteiger partial charge in [-0.2, -0.15) is 0 Å². The number of carbonyl (C=O) groups excluding carboxylic acids is 2. The highest BCUT2D eigenvalue weighted by molar-refractivity contribution is 9.10. The number of halogens is 1. The third-order valence-corrected chi connectivity index (χ3v) is 4.42. The summed E-state index contributed by atoms with van der Waals surface area (Å²) in [5, 5.41) is 9.18. The molecular formula is C14H14BrNO4S. The second-order valence-electron chi connectivity index (χ2n) is 4.39. The van der Waals surface area contributed by atoms with E-state index in [1.807, 2.05) is 0 Å². The van der Waals surface area contributed by atoms with Crippen molar-refractivity contribution in [3.05, 3.63) is 33.1 Å². The Labute approximate surface area is 135 Å². The van der Waals surface area contributed by atoms with Crippen LogP contribution in [-0.2, 0) is 9.53 Å². The molecule has 1 fully saturated rings. The number of phenolic OH excluding ortho intramolecular Hbond substituents is 1. The van der Waals surface area contributed by atoms with Crippen molar-refractivity contribution < 1.29 is 19.4 Å². The van der Waals surface area contributed by atoms with Crippen molar-refractivity contribution in [1.29, 1.82) is 0 Å². The minimum atomic E-state index is -0.287. The first kappa shape index (κ1) is 16.1. The fourth-order valence-electron chi connectivity index (χ4n) is 1.82. The van der Waals surface area contributed by atoms with Crippen LogP contribution in [0.2, 0.25) is 0 Å². The van der Waals surface area contributed by atoms with Gasteiger partial charge in [-0.05, 0) is 57.9 Å². The SMILES string of the molecule is COCCCN1C(=O)S/C(=C/c2ccc(O)c(Br)c2)C1=O. The molecule has 7 heteroatoms. The highest BCUT2D eigenvalue weighted by Gasteiger charge is 2.34. The number of methoxy groups -OCH3 is 1. The van der Waals surface area contributed by atoms with E-state index in [-0.39, 0.29) is 16.9 Å². The Balaban J connectivity index is 2.13. The van der Waals surface area contributed by atoms with E-state index in [0.717, 1.165) is 17.3 Å². The van der Waals surface area contributed by atoms with Gasteiger partial charge in [0, 0.05) is 20.3 Å². The number of benzene rings is 1. The molecule has 0 spiro atoms. The lowest BCUT2D eigenvalue weighted by Gasteiger charge is -2.11. The van der Waals surface area contributed by atoms with Crippen molar-refractivity contribution in [3.63, 3.8) is 0 Å². The number of imide groups is 1. The topological polar surface area (TPSA) is 66.8 Å². The number of phenols is 1. The maximum absolute atomic E-state index is 12.2. The van der Waals surface area contributed by atoms with Crippen LogP contribution in [0.5, 0.6) is 5.75 Å². The van der Waals surface area contributed by atoms with Crippen molar-refractivity contribution in [2.24, 2.45) is 0 Å². The summed E-state index contributed by atoms with van der Waals surface area (Å²) in [5.41, 5.74) is 0.738. The van der Waals surface area contributed by atoms with Crippen LogP contribution in [0.1, 0.15) is 12.0 Å². The van der Waals surface area contributed by atoms with Crippen molar-refractivity contribution in [2.45, 2.75) is 6.42 Å². The molecule has 1 heterocycles. The molecular weight excluding hydrogens is 358 g/mol. The lowest BCUT2D eigenvalue weighted by atomic mass is 10.2. The standard InChI is InChI=1S/C14H14BrNO4S/c1-20-6-2-5-16-13(18)12(21-14(16)19)8-9-3-4-11(17)10(15)7-9/h3-4,7-8,17H,2,5-6H2,1H3/b12-8+. The van der Waals surface area contributed by atoms with Gasteiger partial charge >= 0.3 is 0 Å². The van der Waals surface area contributed by atoms with Gasteiger partial charge in [-0.3, -0.25) is 14.5 Å². The molecule has 1 aromatic carbocycles. The summed E-state index contributed by atoms with van der Waals surface area (Å²) < 4.78 is 5.46. The third-order valence-electron chi connectivity index (χ3n) is 2.87. The molecule has 1 aliphatic heterocycles. The van der Waals surface area contributed by atoms with E-state index in [4.69, 9.17) is 4.74 Å². The minimum Gasteiger partial charge on any atom is -0.507 e. The van der Waals surface area contributed by atoms with Gasteiger partial charge in [0.1, 0.15) is 5.75 Å². The zero-order chi connectivity index (χ0) is 15.4. The molecule has 1 saturated heterocycles. The second-order valence-corrected chi connectivity index (χ2v) is 6.24. The highest BCUT2D eigenvalue weighted by Crippen LogP contribution is 2.33. The molecule has 21 heavy (non-hydrogen) atoms. The molecule has 1 aromatic rings. The lowest BCUT2D eigenvalue weighted by Crippen LogP contribution is -2.29. The van der Waals surface area contributed by atoms with Crippen LogP contribution in [0, 0.1) is 0 Å². The van der Waals surface area contributed by atoms with Crippen LogP contribution in [0.4, 0.5) is 4.79 Å². The van der Waals surface area contributed by atoms with E-state index in [9.17, 15) is 14.7 Å². The van der Waals surface area contributed by atoms with E-state index in [1.165, 1.54) is 11.0 Å². The zero-order valence-corrected chi connectivity index (χ0v) is 13.7. The van der Waals surface area contributed by atoms with Crippen LogP contribution in [-0.4, -0.2) is 41.4 Å². The number of rotatable bonds is 5. The van der Waals surface area contributed by atoms with E-state index >= 15 is 0 Å². The Morgan fingerprint density at radius 3 is 2.86 bits per heavy atom. The van der Waals surface area contributed by atoms with Gasteiger partial charge in [0.25, 0.3) is 11.1 Å².